The normalized spacial score (nSPS) is 10.1. The van der Waals surface area contributed by atoms with E-state index in [9.17, 15) is 4.79 Å². The summed E-state index contributed by atoms with van der Waals surface area (Å²) in [5, 5.41) is 3.26. The van der Waals surface area contributed by atoms with E-state index in [-0.39, 0.29) is 5.91 Å². The minimum absolute atomic E-state index is 0.0732. The van der Waals surface area contributed by atoms with Gasteiger partial charge in [0.1, 0.15) is 0 Å². The van der Waals surface area contributed by atoms with Gasteiger partial charge in [-0.3, -0.25) is 4.79 Å². The van der Waals surface area contributed by atoms with Gasteiger partial charge in [-0.25, -0.2) is 0 Å². The first kappa shape index (κ1) is 13.2. The summed E-state index contributed by atoms with van der Waals surface area (Å²) in [6.45, 7) is 0. The van der Waals surface area contributed by atoms with Crippen molar-refractivity contribution in [1.82, 2.24) is 5.32 Å². The van der Waals surface area contributed by atoms with Crippen LogP contribution in [0.2, 0.25) is 5.02 Å². The van der Waals surface area contributed by atoms with Crippen LogP contribution in [-0.2, 0) is 4.79 Å². The molecule has 0 bridgehead atoms. The number of nitrogens with two attached hydrogens (primary N) is 1. The second-order valence-electron chi connectivity index (χ2n) is 3.32. The fraction of sp³-hybridized carbons (Fsp3) is 0.364. The predicted octanol–water partition coefficient (Wildman–Crippen LogP) is 2.54. The van der Waals surface area contributed by atoms with Crippen LogP contribution in [0.15, 0.2) is 23.1 Å². The summed E-state index contributed by atoms with van der Waals surface area (Å²) in [5.41, 5.74) is 6.26. The number of carbonyl (C=O) groups is 1. The van der Waals surface area contributed by atoms with Crippen molar-refractivity contribution in [3.8, 4) is 0 Å². The van der Waals surface area contributed by atoms with E-state index < -0.39 is 0 Å². The molecule has 88 valence electrons. The molecule has 1 amide bonds. The molecule has 0 fully saturated rings. The zero-order valence-electron chi connectivity index (χ0n) is 9.13. The highest BCUT2D eigenvalue weighted by molar-refractivity contribution is 7.99. The van der Waals surface area contributed by atoms with Crippen LogP contribution in [0.3, 0.4) is 0 Å². The molecule has 0 radical (unpaired) electrons. The molecule has 1 aromatic carbocycles. The molecule has 0 unspecified atom stereocenters. The maximum Gasteiger partial charge on any atom is 0.219 e. The standard InChI is InChI=1S/C11H15ClN2OS/c1-14-11(15)3-2-6-16-10-5-4-8(13)7-9(10)12/h4-5,7H,2-3,6,13H2,1H3,(H,14,15). The smallest absolute Gasteiger partial charge is 0.219 e. The highest BCUT2D eigenvalue weighted by Crippen LogP contribution is 2.29. The van der Waals surface area contributed by atoms with Gasteiger partial charge in [0.05, 0.1) is 5.02 Å². The number of rotatable bonds is 5. The maximum absolute atomic E-state index is 11.0. The van der Waals surface area contributed by atoms with Crippen LogP contribution in [0.25, 0.3) is 0 Å². The molecular formula is C11H15ClN2OS. The SMILES string of the molecule is CNC(=O)CCCSc1ccc(N)cc1Cl. The van der Waals surface area contributed by atoms with Crippen LogP contribution >= 0.6 is 23.4 Å². The molecule has 0 saturated heterocycles. The molecule has 0 heterocycles. The van der Waals surface area contributed by atoms with E-state index in [4.69, 9.17) is 17.3 Å². The third-order valence-electron chi connectivity index (χ3n) is 2.04. The minimum Gasteiger partial charge on any atom is -0.399 e. The van der Waals surface area contributed by atoms with Gasteiger partial charge in [-0.1, -0.05) is 11.6 Å². The van der Waals surface area contributed by atoms with E-state index in [0.29, 0.717) is 17.1 Å². The Morgan fingerprint density at radius 3 is 2.94 bits per heavy atom. The largest absolute Gasteiger partial charge is 0.399 e. The van der Waals surface area contributed by atoms with Crippen molar-refractivity contribution in [3.05, 3.63) is 23.2 Å². The van der Waals surface area contributed by atoms with Crippen LogP contribution in [-0.4, -0.2) is 18.7 Å². The molecule has 1 rings (SSSR count). The Hall–Kier alpha value is -0.870. The van der Waals surface area contributed by atoms with Crippen LogP contribution < -0.4 is 11.1 Å². The monoisotopic (exact) mass is 258 g/mol. The van der Waals surface area contributed by atoms with E-state index in [2.05, 4.69) is 5.32 Å². The van der Waals surface area contributed by atoms with E-state index in [1.54, 1.807) is 24.9 Å². The number of hydrogen-bond donors (Lipinski definition) is 2. The van der Waals surface area contributed by atoms with E-state index >= 15 is 0 Å². The maximum atomic E-state index is 11.0. The predicted molar refractivity (Wildman–Crippen MR) is 69.9 cm³/mol. The average molecular weight is 259 g/mol. The van der Waals surface area contributed by atoms with Crippen molar-refractivity contribution < 1.29 is 4.79 Å². The van der Waals surface area contributed by atoms with Gasteiger partial charge in [-0.15, -0.1) is 11.8 Å². The molecule has 3 nitrogen and oxygen atoms in total. The Morgan fingerprint density at radius 1 is 1.56 bits per heavy atom. The van der Waals surface area contributed by atoms with Gasteiger partial charge < -0.3 is 11.1 Å². The zero-order chi connectivity index (χ0) is 12.0. The number of benzene rings is 1. The van der Waals surface area contributed by atoms with Crippen molar-refractivity contribution in [3.63, 3.8) is 0 Å². The Kier molecular flexibility index (Phi) is 5.49. The number of hydrogen-bond acceptors (Lipinski definition) is 3. The van der Waals surface area contributed by atoms with Gasteiger partial charge in [-0.05, 0) is 30.4 Å². The van der Waals surface area contributed by atoms with Crippen LogP contribution in [0.4, 0.5) is 5.69 Å². The first-order chi connectivity index (χ1) is 7.63. The number of nitrogens with one attached hydrogen (secondary N) is 1. The van der Waals surface area contributed by atoms with Crippen LogP contribution in [0.1, 0.15) is 12.8 Å². The summed E-state index contributed by atoms with van der Waals surface area (Å²) < 4.78 is 0. The van der Waals surface area contributed by atoms with Crippen molar-refractivity contribution in [1.29, 1.82) is 0 Å². The van der Waals surface area contributed by atoms with Crippen molar-refractivity contribution in [2.45, 2.75) is 17.7 Å². The molecule has 1 aromatic rings. The van der Waals surface area contributed by atoms with Gasteiger partial charge in [0.2, 0.25) is 5.91 Å². The molecule has 3 N–H and O–H groups in total. The second-order valence-corrected chi connectivity index (χ2v) is 4.86. The lowest BCUT2D eigenvalue weighted by atomic mass is 10.3. The summed E-state index contributed by atoms with van der Waals surface area (Å²) in [6.07, 6.45) is 1.39. The summed E-state index contributed by atoms with van der Waals surface area (Å²) in [7, 11) is 1.65. The first-order valence-electron chi connectivity index (χ1n) is 5.02. The molecule has 0 aromatic heterocycles. The molecule has 5 heteroatoms. The molecule has 0 aliphatic heterocycles. The third-order valence-corrected chi connectivity index (χ3v) is 3.63. The van der Waals surface area contributed by atoms with Crippen LogP contribution in [0, 0.1) is 0 Å². The van der Waals surface area contributed by atoms with Gasteiger partial charge >= 0.3 is 0 Å². The molecular weight excluding hydrogens is 244 g/mol. The molecule has 0 aliphatic carbocycles. The summed E-state index contributed by atoms with van der Waals surface area (Å²) in [4.78, 5) is 12.0. The molecule has 0 saturated carbocycles. The topological polar surface area (TPSA) is 55.1 Å². The van der Waals surface area contributed by atoms with Crippen molar-refractivity contribution >= 4 is 35.0 Å². The fourth-order valence-corrected chi connectivity index (χ4v) is 2.40. The van der Waals surface area contributed by atoms with Crippen molar-refractivity contribution in [2.24, 2.45) is 0 Å². The molecule has 0 spiro atoms. The molecule has 0 atom stereocenters. The summed E-state index contributed by atoms with van der Waals surface area (Å²) in [5.74, 6) is 0.945. The summed E-state index contributed by atoms with van der Waals surface area (Å²) in [6, 6.07) is 5.47. The van der Waals surface area contributed by atoms with Gasteiger partial charge in [0.15, 0.2) is 0 Å². The summed E-state index contributed by atoms with van der Waals surface area (Å²) >= 11 is 7.66. The quantitative estimate of drug-likeness (QED) is 0.485. The van der Waals surface area contributed by atoms with Gasteiger partial charge in [-0.2, -0.15) is 0 Å². The van der Waals surface area contributed by atoms with Crippen molar-refractivity contribution in [2.75, 3.05) is 18.5 Å². The Labute approximate surface area is 105 Å². The fourth-order valence-electron chi connectivity index (χ4n) is 1.17. The lowest BCUT2D eigenvalue weighted by Crippen LogP contribution is -2.17. The number of thioether (sulfide) groups is 1. The second kappa shape index (κ2) is 6.66. The van der Waals surface area contributed by atoms with E-state index in [1.807, 2.05) is 12.1 Å². The number of nitrogen functional groups attached to an aromatic ring is 1. The first-order valence-corrected chi connectivity index (χ1v) is 6.38. The van der Waals surface area contributed by atoms with E-state index in [0.717, 1.165) is 17.1 Å². The highest BCUT2D eigenvalue weighted by Gasteiger charge is 2.02. The average Bonchev–Trinajstić information content (AvgIpc) is 2.26. The number of anilines is 1. The van der Waals surface area contributed by atoms with Crippen LogP contribution in [0.5, 0.6) is 0 Å². The van der Waals surface area contributed by atoms with E-state index in [1.165, 1.54) is 0 Å². The molecule has 16 heavy (non-hydrogen) atoms. The van der Waals surface area contributed by atoms with Gasteiger partial charge in [0, 0.05) is 24.1 Å². The lowest BCUT2D eigenvalue weighted by molar-refractivity contribution is -0.120. The molecule has 0 aliphatic rings. The minimum atomic E-state index is 0.0732. The lowest BCUT2D eigenvalue weighted by Gasteiger charge is -2.04. The third kappa shape index (κ3) is 4.33. The highest BCUT2D eigenvalue weighted by atomic mass is 35.5. The zero-order valence-corrected chi connectivity index (χ0v) is 10.7. The Morgan fingerprint density at radius 2 is 2.31 bits per heavy atom. The Bertz CT molecular complexity index is 371. The van der Waals surface area contributed by atoms with Gasteiger partial charge in [0.25, 0.3) is 0 Å². The number of carbonyl (C=O) groups excluding carboxylic acids is 1. The number of halogens is 1. The Balaban J connectivity index is 2.35. The number of amides is 1.